The number of benzene rings is 2. The minimum Gasteiger partial charge on any atom is -0.398 e. The number of nitrogen functional groups attached to an aromatic ring is 1. The van der Waals surface area contributed by atoms with E-state index in [2.05, 4.69) is 16.0 Å². The number of allylic oxidation sites excluding steroid dienone is 1. The molecule has 3 amide bonds. The Morgan fingerprint density at radius 1 is 1.05 bits per heavy atom. The molecule has 9 heteroatoms. The zero-order valence-corrected chi connectivity index (χ0v) is 21.8. The molecule has 4 rings (SSSR count). The van der Waals surface area contributed by atoms with Gasteiger partial charge in [0.15, 0.2) is 0 Å². The summed E-state index contributed by atoms with van der Waals surface area (Å²) in [7, 11) is 0. The van der Waals surface area contributed by atoms with Gasteiger partial charge >= 0.3 is 6.03 Å². The van der Waals surface area contributed by atoms with Crippen LogP contribution in [0.1, 0.15) is 27.1 Å². The molecule has 0 radical (unpaired) electrons. The third kappa shape index (κ3) is 7.39. The Balaban J connectivity index is 1.40. The molecule has 0 saturated carbocycles. The summed E-state index contributed by atoms with van der Waals surface area (Å²) in [6.07, 6.45) is 3.73. The summed E-state index contributed by atoms with van der Waals surface area (Å²) in [5.41, 5.74) is 11.4. The monoisotopic (exact) mass is 529 g/mol. The van der Waals surface area contributed by atoms with E-state index in [1.54, 1.807) is 41.7 Å². The van der Waals surface area contributed by atoms with Crippen LogP contribution >= 0.6 is 22.7 Å². The summed E-state index contributed by atoms with van der Waals surface area (Å²) in [4.78, 5) is 25.7. The zero-order valence-electron chi connectivity index (χ0n) is 20.2. The average molecular weight is 530 g/mol. The summed E-state index contributed by atoms with van der Waals surface area (Å²) >= 11 is 3.12. The van der Waals surface area contributed by atoms with Gasteiger partial charge in [0.05, 0.1) is 12.1 Å². The topological polar surface area (TPSA) is 120 Å². The Morgan fingerprint density at radius 3 is 2.68 bits per heavy atom. The van der Waals surface area contributed by atoms with Crippen molar-refractivity contribution < 1.29 is 9.59 Å². The number of nitrogens with two attached hydrogens (primary N) is 1. The molecule has 0 saturated heterocycles. The van der Waals surface area contributed by atoms with Crippen LogP contribution in [0, 0.1) is 12.3 Å². The second kappa shape index (κ2) is 12.2. The number of hydrogen-bond acceptors (Lipinski definition) is 6. The fourth-order valence-electron chi connectivity index (χ4n) is 3.60. The third-order valence-corrected chi connectivity index (χ3v) is 7.10. The molecule has 0 bridgehead atoms. The van der Waals surface area contributed by atoms with E-state index in [9.17, 15) is 9.59 Å². The van der Waals surface area contributed by atoms with Gasteiger partial charge in [0.1, 0.15) is 0 Å². The van der Waals surface area contributed by atoms with Crippen molar-refractivity contribution in [2.75, 3.05) is 16.4 Å². The lowest BCUT2D eigenvalue weighted by molar-refractivity contribution is -0.115. The van der Waals surface area contributed by atoms with E-state index in [1.807, 2.05) is 59.5 Å². The number of anilines is 3. The van der Waals surface area contributed by atoms with Crippen molar-refractivity contribution in [3.05, 3.63) is 104 Å². The van der Waals surface area contributed by atoms with Gasteiger partial charge in [0.2, 0.25) is 5.91 Å². The zero-order chi connectivity index (χ0) is 26.2. The maximum Gasteiger partial charge on any atom is 0.319 e. The van der Waals surface area contributed by atoms with Gasteiger partial charge in [0, 0.05) is 34.0 Å². The number of urea groups is 1. The highest BCUT2D eigenvalue weighted by Gasteiger charge is 2.12. The fraction of sp³-hybridized carbons (Fsp3) is 0.107. The third-order valence-electron chi connectivity index (χ3n) is 5.50. The number of rotatable bonds is 9. The molecule has 0 fully saturated rings. The van der Waals surface area contributed by atoms with Gasteiger partial charge in [-0.25, -0.2) is 4.79 Å². The number of carbonyl (C=O) groups excluding carboxylic acids is 2. The normalized spacial score (nSPS) is 10.8. The number of amides is 3. The van der Waals surface area contributed by atoms with Crippen molar-refractivity contribution in [1.29, 1.82) is 5.41 Å². The summed E-state index contributed by atoms with van der Waals surface area (Å²) in [5, 5.41) is 23.0. The lowest BCUT2D eigenvalue weighted by Gasteiger charge is -2.13. The largest absolute Gasteiger partial charge is 0.398 e. The molecule has 37 heavy (non-hydrogen) atoms. The first-order chi connectivity index (χ1) is 17.9. The first kappa shape index (κ1) is 25.9. The van der Waals surface area contributed by atoms with Gasteiger partial charge in [-0.15, -0.1) is 11.3 Å². The van der Waals surface area contributed by atoms with Crippen molar-refractivity contribution in [1.82, 2.24) is 5.32 Å². The first-order valence-corrected chi connectivity index (χ1v) is 13.3. The van der Waals surface area contributed by atoms with Gasteiger partial charge in [-0.05, 0) is 82.2 Å². The molecule has 2 aromatic heterocycles. The van der Waals surface area contributed by atoms with E-state index in [0.29, 0.717) is 35.6 Å². The second-order valence-corrected chi connectivity index (χ2v) is 10.2. The first-order valence-electron chi connectivity index (χ1n) is 11.5. The summed E-state index contributed by atoms with van der Waals surface area (Å²) in [6.45, 7) is 2.33. The van der Waals surface area contributed by atoms with Crippen LogP contribution < -0.4 is 21.7 Å². The summed E-state index contributed by atoms with van der Waals surface area (Å²) in [6, 6.07) is 16.4. The highest BCUT2D eigenvalue weighted by atomic mass is 32.1. The number of carbonyl (C=O) groups is 2. The lowest BCUT2D eigenvalue weighted by Crippen LogP contribution is -2.27. The smallest absolute Gasteiger partial charge is 0.319 e. The van der Waals surface area contributed by atoms with E-state index in [-0.39, 0.29) is 17.6 Å². The number of hydrogen-bond donors (Lipinski definition) is 5. The number of nitrogens with one attached hydrogen (secondary N) is 4. The highest BCUT2D eigenvalue weighted by molar-refractivity contribution is 7.10. The predicted octanol–water partition coefficient (Wildman–Crippen LogP) is 6.28. The van der Waals surface area contributed by atoms with E-state index >= 15 is 0 Å². The Labute approximate surface area is 223 Å². The molecule has 0 unspecified atom stereocenters. The van der Waals surface area contributed by atoms with Crippen LogP contribution in [0.25, 0.3) is 6.08 Å². The van der Waals surface area contributed by atoms with E-state index in [0.717, 1.165) is 21.6 Å². The highest BCUT2D eigenvalue weighted by Crippen LogP contribution is 2.25. The molecule has 4 aromatic rings. The van der Waals surface area contributed by atoms with Crippen molar-refractivity contribution in [2.24, 2.45) is 0 Å². The van der Waals surface area contributed by atoms with Crippen LogP contribution in [-0.4, -0.2) is 17.6 Å². The number of aryl methyl sites for hydroxylation is 1. The van der Waals surface area contributed by atoms with Crippen LogP contribution in [0.5, 0.6) is 0 Å². The van der Waals surface area contributed by atoms with Crippen LogP contribution in [0.15, 0.2) is 76.8 Å². The molecule has 0 atom stereocenters. The van der Waals surface area contributed by atoms with Gasteiger partial charge in [-0.1, -0.05) is 24.3 Å². The van der Waals surface area contributed by atoms with Gasteiger partial charge < -0.3 is 27.1 Å². The van der Waals surface area contributed by atoms with Gasteiger partial charge in [0.25, 0.3) is 0 Å². The van der Waals surface area contributed by atoms with Crippen LogP contribution in [0.4, 0.5) is 21.9 Å². The maximum absolute atomic E-state index is 12.5. The maximum atomic E-state index is 12.5. The molecule has 0 spiro atoms. The molecule has 0 aliphatic heterocycles. The van der Waals surface area contributed by atoms with Crippen LogP contribution in [-0.2, 0) is 17.8 Å². The van der Waals surface area contributed by atoms with Crippen molar-refractivity contribution in [3.8, 4) is 0 Å². The molecular formula is C28H27N5O2S2. The average Bonchev–Trinajstić information content (AvgIpc) is 3.58. The number of thiophene rings is 2. The lowest BCUT2D eigenvalue weighted by atomic mass is 10.0. The van der Waals surface area contributed by atoms with Crippen molar-refractivity contribution in [2.45, 2.75) is 19.9 Å². The Hall–Kier alpha value is -4.21. The molecule has 6 N–H and O–H groups in total. The van der Waals surface area contributed by atoms with E-state index in [4.69, 9.17) is 11.1 Å². The molecule has 2 aromatic carbocycles. The molecule has 188 valence electrons. The molecular weight excluding hydrogens is 502 g/mol. The second-order valence-electron chi connectivity index (χ2n) is 8.37. The van der Waals surface area contributed by atoms with E-state index < -0.39 is 0 Å². The van der Waals surface area contributed by atoms with Crippen molar-refractivity contribution in [3.63, 3.8) is 0 Å². The van der Waals surface area contributed by atoms with Crippen LogP contribution in [0.2, 0.25) is 0 Å². The summed E-state index contributed by atoms with van der Waals surface area (Å²) < 4.78 is 0. The van der Waals surface area contributed by atoms with Crippen molar-refractivity contribution >= 4 is 63.5 Å². The van der Waals surface area contributed by atoms with Crippen LogP contribution in [0.3, 0.4) is 0 Å². The SMILES string of the molecule is Cc1cc(N)c(C(=N)/C=C/c2cccc(NC(=O)NCc3ccsc3)c2)cc1NC(=O)Cc1cccs1. The molecule has 7 nitrogen and oxygen atoms in total. The van der Waals surface area contributed by atoms with Gasteiger partial charge in [-0.2, -0.15) is 11.3 Å². The van der Waals surface area contributed by atoms with Gasteiger partial charge in [-0.3, -0.25) is 4.79 Å². The molecule has 0 aliphatic rings. The summed E-state index contributed by atoms with van der Waals surface area (Å²) in [5.74, 6) is -0.119. The minimum atomic E-state index is -0.291. The Bertz CT molecular complexity index is 1430. The quantitative estimate of drug-likeness (QED) is 0.130. The van der Waals surface area contributed by atoms with E-state index in [1.165, 1.54) is 11.3 Å². The minimum absolute atomic E-state index is 0.119. The Morgan fingerprint density at radius 2 is 1.92 bits per heavy atom. The molecule has 0 aliphatic carbocycles. The Kier molecular flexibility index (Phi) is 8.50. The standard InChI is InChI=1S/C28H27N5O2S2/c1-18-12-25(30)23(15-26(18)33-27(34)14-22-6-3-10-37-22)24(29)8-7-19-4-2-5-21(13-19)32-28(35)31-16-20-9-11-36-17-20/h2-13,15,17,29H,14,16,30H2,1H3,(H,33,34)(H2,31,32,35)/b8-7+,29-24?. The predicted molar refractivity (Wildman–Crippen MR) is 155 cm³/mol. The molecule has 2 heterocycles. The fourth-order valence-corrected chi connectivity index (χ4v) is 4.98.